The van der Waals surface area contributed by atoms with E-state index in [9.17, 15) is 55.5 Å². The standard InChI is InChI=1S/C57H60N6O16/c58-42-9-8-34(63-42)45(67)39(24-64)75-31-6-4-26(5-7-31)36-18-35(66)44-37(76-36)19-38(47(46(44)68)78-50(71)27-2-1-3-30(65)16-27)77-52-55(73)21-40-54(41-23-60-25-62-41,57(74,51(55)72)48(79-52)49(69)70)20-28-10-13-53-14-11-29-22-61-43(59)17-33(29)56(40,53)32(28)12-15-53/h1-10,13,16-19,21,28,32,39,41,45,48,50-52,60-65,67-68,71-74H,11-12,14-15,20,22-25,58-59H2,(H,69,70). The van der Waals surface area contributed by atoms with Crippen molar-refractivity contribution < 1.29 is 74.1 Å². The highest BCUT2D eigenvalue weighted by atomic mass is 16.7. The number of carboxylic acids is 1. The second-order valence-electron chi connectivity index (χ2n) is 22.3. The lowest BCUT2D eigenvalue weighted by Crippen LogP contribution is -2.85. The van der Waals surface area contributed by atoms with Crippen molar-refractivity contribution in [3.8, 4) is 40.1 Å². The maximum atomic E-state index is 14.2. The van der Waals surface area contributed by atoms with Crippen molar-refractivity contribution in [2.75, 3.05) is 32.1 Å². The van der Waals surface area contributed by atoms with Gasteiger partial charge in [-0.15, -0.1) is 0 Å². The number of aliphatic hydroxyl groups is 6. The molecule has 3 aliphatic heterocycles. The maximum absolute atomic E-state index is 14.2. The minimum atomic E-state index is -2.80. The number of nitrogens with two attached hydrogens (primary N) is 2. The fraction of sp³-hybridized carbons (Fsp3) is 0.404. The normalized spacial score (nSPS) is 34.1. The third kappa shape index (κ3) is 7.15. The Kier molecular flexibility index (Phi) is 11.7. The molecule has 3 aromatic carbocycles. The van der Waals surface area contributed by atoms with E-state index in [2.05, 4.69) is 33.1 Å². The summed E-state index contributed by atoms with van der Waals surface area (Å²) >= 11 is 0. The number of fused-ring (bicyclic) bond motifs is 5. The number of carbonyl (C=O) groups is 1. The quantitative estimate of drug-likeness (QED) is 0.0594. The molecule has 414 valence electrons. The number of hydrogen-bond donors (Lipinski definition) is 15. The van der Waals surface area contributed by atoms with Gasteiger partial charge in [-0.25, -0.2) is 4.79 Å². The van der Waals surface area contributed by atoms with Gasteiger partial charge in [0, 0.05) is 71.0 Å². The Bertz CT molecular complexity index is 3520. The van der Waals surface area contributed by atoms with E-state index in [0.29, 0.717) is 48.1 Å². The van der Waals surface area contributed by atoms with Gasteiger partial charge >= 0.3 is 5.97 Å². The average molecular weight is 1090 g/mol. The molecule has 8 aliphatic rings. The lowest BCUT2D eigenvalue weighted by Gasteiger charge is -2.73. The Morgan fingerprint density at radius 1 is 0.987 bits per heavy atom. The number of dihydropyridines is 1. The summed E-state index contributed by atoms with van der Waals surface area (Å²) in [6.07, 6.45) is -0.234. The summed E-state index contributed by atoms with van der Waals surface area (Å²) in [5.74, 6) is -3.55. The fourth-order valence-electron chi connectivity index (χ4n) is 15.2. The first-order chi connectivity index (χ1) is 37.9. The number of H-pyrrole nitrogens is 1. The Morgan fingerprint density at radius 3 is 2.52 bits per heavy atom. The first-order valence-electron chi connectivity index (χ1n) is 26.3. The van der Waals surface area contributed by atoms with Gasteiger partial charge in [0.05, 0.1) is 12.4 Å². The number of aliphatic hydroxyl groups excluding tert-OH is 4. The topological polar surface area (TPSA) is 370 Å². The second-order valence-corrected chi connectivity index (χ2v) is 22.3. The number of phenolic OH excluding ortho intramolecular Hbond substituents is 2. The van der Waals surface area contributed by atoms with Gasteiger partial charge in [0.25, 0.3) is 0 Å². The highest BCUT2D eigenvalue weighted by Crippen LogP contribution is 2.81. The van der Waals surface area contributed by atoms with Crippen molar-refractivity contribution in [3.05, 3.63) is 141 Å². The van der Waals surface area contributed by atoms with Gasteiger partial charge in [-0.1, -0.05) is 24.3 Å². The summed E-state index contributed by atoms with van der Waals surface area (Å²) in [7, 11) is 0. The first kappa shape index (κ1) is 51.1. The third-order valence-corrected chi connectivity index (χ3v) is 18.5. The lowest BCUT2D eigenvalue weighted by atomic mass is 9.33. The number of aliphatic carboxylic acids is 1. The number of allylic oxidation sites excluding steroid dienone is 4. The van der Waals surface area contributed by atoms with Crippen LogP contribution in [0.2, 0.25) is 0 Å². The van der Waals surface area contributed by atoms with Crippen molar-refractivity contribution in [2.24, 2.45) is 33.8 Å². The van der Waals surface area contributed by atoms with E-state index in [1.54, 1.807) is 12.1 Å². The molecule has 17 N–H and O–H groups in total. The molecule has 22 heteroatoms. The molecular weight excluding hydrogens is 1020 g/mol. The number of aromatic amines is 1. The third-order valence-electron chi connectivity index (χ3n) is 18.5. The van der Waals surface area contributed by atoms with Crippen LogP contribution >= 0.6 is 0 Å². The van der Waals surface area contributed by atoms with Crippen LogP contribution in [0.5, 0.6) is 28.7 Å². The number of phenols is 2. The zero-order valence-corrected chi connectivity index (χ0v) is 42.3. The van der Waals surface area contributed by atoms with Crippen LogP contribution in [0.15, 0.2) is 129 Å². The molecule has 14 atom stereocenters. The molecule has 13 rings (SSSR count). The van der Waals surface area contributed by atoms with Gasteiger partial charge in [0.15, 0.2) is 34.7 Å². The van der Waals surface area contributed by atoms with Gasteiger partial charge in [-0.3, -0.25) is 10.1 Å². The number of carboxylic acid groups (broad SMARTS) is 1. The summed E-state index contributed by atoms with van der Waals surface area (Å²) in [5, 5.41) is 117. The zero-order valence-electron chi connectivity index (χ0n) is 42.3. The van der Waals surface area contributed by atoms with Crippen molar-refractivity contribution in [3.63, 3.8) is 0 Å². The maximum Gasteiger partial charge on any atom is 0.336 e. The zero-order chi connectivity index (χ0) is 55.1. The lowest BCUT2D eigenvalue weighted by molar-refractivity contribution is -0.364. The average Bonchev–Trinajstić information content (AvgIpc) is 1.96. The Labute approximate surface area is 449 Å². The molecule has 79 heavy (non-hydrogen) atoms. The number of rotatable bonds is 13. The van der Waals surface area contributed by atoms with E-state index in [0.717, 1.165) is 42.5 Å². The van der Waals surface area contributed by atoms with Crippen molar-refractivity contribution in [1.82, 2.24) is 20.9 Å². The molecule has 5 aromatic rings. The monoisotopic (exact) mass is 1080 g/mol. The second kappa shape index (κ2) is 18.1. The van der Waals surface area contributed by atoms with Crippen LogP contribution in [0.1, 0.15) is 55.8 Å². The SMILES string of the molecule is NC1=CC2=C(CCC34C=CC5CC6(C7CNCN7)C(=CC7(O)C(Oc8cc9oc(-c%10ccc(OC(CO)C(O)c%11ccc(N)[nH]%11)cc%10)cc(=O)c9c(O)c8OC(O)c8cccc(O)c8)OC(C(=O)O)C6(O)C7O)C23C5CC4)CN1. The molecule has 0 radical (unpaired) electrons. The number of ether oxygens (including phenoxy) is 4. The number of aromatic hydroxyl groups is 2. The molecule has 4 fully saturated rings. The van der Waals surface area contributed by atoms with E-state index in [1.165, 1.54) is 54.6 Å². The van der Waals surface area contributed by atoms with Gasteiger partial charge in [-0.2, -0.15) is 0 Å². The smallest absolute Gasteiger partial charge is 0.336 e. The highest BCUT2D eigenvalue weighted by molar-refractivity contribution is 5.90. The van der Waals surface area contributed by atoms with Crippen molar-refractivity contribution in [1.29, 1.82) is 0 Å². The first-order valence-corrected chi connectivity index (χ1v) is 26.3. The fourth-order valence-corrected chi connectivity index (χ4v) is 15.2. The predicted molar refractivity (Wildman–Crippen MR) is 279 cm³/mol. The molecule has 5 heterocycles. The largest absolute Gasteiger partial charge is 0.508 e. The molecule has 2 saturated heterocycles. The van der Waals surface area contributed by atoms with E-state index in [1.807, 2.05) is 6.08 Å². The van der Waals surface area contributed by atoms with Crippen molar-refractivity contribution >= 4 is 22.8 Å². The molecule has 2 saturated carbocycles. The summed E-state index contributed by atoms with van der Waals surface area (Å²) in [6, 6.07) is 16.1. The van der Waals surface area contributed by atoms with Crippen molar-refractivity contribution in [2.45, 2.75) is 86.3 Å². The molecule has 1 spiro atoms. The highest BCUT2D eigenvalue weighted by Gasteiger charge is 2.83. The van der Waals surface area contributed by atoms with Gasteiger partial charge in [0.1, 0.15) is 51.9 Å². The number of aromatic nitrogens is 1. The number of anilines is 1. The van der Waals surface area contributed by atoms with Gasteiger partial charge in [-0.05, 0) is 121 Å². The summed E-state index contributed by atoms with van der Waals surface area (Å²) in [4.78, 5) is 31.1. The Morgan fingerprint density at radius 2 is 1.80 bits per heavy atom. The number of hydrogen-bond acceptors (Lipinski definition) is 20. The van der Waals surface area contributed by atoms with Gasteiger partial charge < -0.3 is 96.4 Å². The molecule has 14 unspecified atom stereocenters. The Hall–Kier alpha value is -7.38. The summed E-state index contributed by atoms with van der Waals surface area (Å²) < 4.78 is 31.1. The molecule has 5 aliphatic carbocycles. The van der Waals surface area contributed by atoms with Crippen LogP contribution < -0.4 is 47.1 Å². The summed E-state index contributed by atoms with van der Waals surface area (Å²) in [5.41, 5.74) is 5.69. The van der Waals surface area contributed by atoms with Gasteiger partial charge in [0.2, 0.25) is 18.3 Å². The van der Waals surface area contributed by atoms with E-state index < -0.39 is 111 Å². The van der Waals surface area contributed by atoms with Crippen LogP contribution in [0, 0.1) is 28.1 Å². The number of benzene rings is 3. The molecule has 0 amide bonds. The predicted octanol–water partition coefficient (Wildman–Crippen LogP) is 2.25. The van der Waals surface area contributed by atoms with Crippen LogP contribution in [-0.2, 0) is 9.53 Å². The van der Waals surface area contributed by atoms with E-state index in [4.69, 9.17) is 34.8 Å². The van der Waals surface area contributed by atoms with E-state index in [-0.39, 0.29) is 53.2 Å². The minimum Gasteiger partial charge on any atom is -0.508 e. The molecule has 6 bridgehead atoms. The summed E-state index contributed by atoms with van der Waals surface area (Å²) in [6.45, 7) is 0.445. The molecule has 22 nitrogen and oxygen atoms in total. The number of nitrogen functional groups attached to an aromatic ring is 1. The Balaban J connectivity index is 0.961. The number of nitrogens with one attached hydrogen (secondary N) is 4. The van der Waals surface area contributed by atoms with Crippen LogP contribution in [0.25, 0.3) is 22.3 Å². The minimum absolute atomic E-state index is 0.00915. The van der Waals surface area contributed by atoms with Crippen LogP contribution in [-0.4, -0.2) is 125 Å². The van der Waals surface area contributed by atoms with Crippen LogP contribution in [0.3, 0.4) is 0 Å². The van der Waals surface area contributed by atoms with E-state index >= 15 is 0 Å². The molecular formula is C57H60N6O16. The molecule has 2 aromatic heterocycles. The van der Waals surface area contributed by atoms with Crippen LogP contribution in [0.4, 0.5) is 5.82 Å².